The summed E-state index contributed by atoms with van der Waals surface area (Å²) in [5, 5.41) is 0. The van der Waals surface area contributed by atoms with Crippen LogP contribution in [0.5, 0.6) is 0 Å². The molecule has 1 aromatic rings. The summed E-state index contributed by atoms with van der Waals surface area (Å²) in [4.78, 5) is 16.5. The third-order valence-electron chi connectivity index (χ3n) is 5.82. The number of likely N-dealkylation sites (tertiary alicyclic amines) is 2. The van der Waals surface area contributed by atoms with Gasteiger partial charge < -0.3 is 9.64 Å². The Morgan fingerprint density at radius 2 is 1.84 bits per heavy atom. The number of nitrogens with zero attached hydrogens (tertiary/aromatic N) is 2. The van der Waals surface area contributed by atoms with Crippen molar-refractivity contribution < 1.29 is 13.9 Å². The molecule has 4 nitrogen and oxygen atoms in total. The average molecular weight is 348 g/mol. The van der Waals surface area contributed by atoms with Crippen molar-refractivity contribution in [3.05, 3.63) is 35.6 Å². The van der Waals surface area contributed by atoms with E-state index >= 15 is 0 Å². The van der Waals surface area contributed by atoms with Crippen LogP contribution >= 0.6 is 0 Å². The van der Waals surface area contributed by atoms with Crippen LogP contribution in [0, 0.1) is 11.2 Å². The van der Waals surface area contributed by atoms with Gasteiger partial charge >= 0.3 is 0 Å². The van der Waals surface area contributed by atoms with Gasteiger partial charge in [0.05, 0.1) is 0 Å². The smallest absolute Gasteiger partial charge is 0.248 e. The molecule has 1 aromatic carbocycles. The van der Waals surface area contributed by atoms with Gasteiger partial charge in [0, 0.05) is 26.2 Å². The Balaban J connectivity index is 1.45. The maximum Gasteiger partial charge on any atom is 0.248 e. The van der Waals surface area contributed by atoms with E-state index in [1.165, 1.54) is 18.9 Å². The van der Waals surface area contributed by atoms with E-state index in [1.807, 2.05) is 17.9 Å². The summed E-state index contributed by atoms with van der Waals surface area (Å²) in [6.07, 6.45) is 4.54. The number of halogens is 1. The lowest BCUT2D eigenvalue weighted by Gasteiger charge is -2.47. The van der Waals surface area contributed by atoms with Gasteiger partial charge in [-0.1, -0.05) is 12.1 Å². The molecule has 0 unspecified atom stereocenters. The minimum absolute atomic E-state index is 0.125. The van der Waals surface area contributed by atoms with Crippen molar-refractivity contribution in [2.75, 3.05) is 39.4 Å². The summed E-state index contributed by atoms with van der Waals surface area (Å²) >= 11 is 0. The second-order valence-electron chi connectivity index (χ2n) is 7.42. The van der Waals surface area contributed by atoms with Crippen LogP contribution in [0.2, 0.25) is 0 Å². The molecule has 0 aliphatic carbocycles. The maximum atomic E-state index is 13.3. The maximum absolute atomic E-state index is 13.3. The molecule has 0 saturated carbocycles. The quantitative estimate of drug-likeness (QED) is 0.820. The highest BCUT2D eigenvalue weighted by Crippen LogP contribution is 2.41. The van der Waals surface area contributed by atoms with E-state index in [0.29, 0.717) is 12.0 Å². The lowest BCUT2D eigenvalue weighted by atomic mass is 9.71. The molecule has 0 atom stereocenters. The molecular weight excluding hydrogens is 319 g/mol. The van der Waals surface area contributed by atoms with Crippen molar-refractivity contribution in [2.24, 2.45) is 5.41 Å². The predicted molar refractivity (Wildman–Crippen MR) is 95.7 cm³/mol. The monoisotopic (exact) mass is 348 g/mol. The molecule has 138 valence electrons. The molecule has 5 heteroatoms. The molecule has 2 fully saturated rings. The van der Waals surface area contributed by atoms with Gasteiger partial charge in [-0.25, -0.2) is 4.39 Å². The SMILES string of the molecule is CCOCC(=O)N1CCC2(CCN(Cc3cccc(F)c3)CC2)CC1. The zero-order chi connectivity index (χ0) is 17.7. The van der Waals surface area contributed by atoms with E-state index in [4.69, 9.17) is 4.74 Å². The lowest BCUT2D eigenvalue weighted by Crippen LogP contribution is -2.48. The van der Waals surface area contributed by atoms with Crippen molar-refractivity contribution in [3.8, 4) is 0 Å². The van der Waals surface area contributed by atoms with E-state index < -0.39 is 0 Å². The number of hydrogen-bond donors (Lipinski definition) is 0. The second kappa shape index (κ2) is 8.28. The molecule has 1 amide bonds. The molecule has 25 heavy (non-hydrogen) atoms. The van der Waals surface area contributed by atoms with Gasteiger partial charge in [-0.05, 0) is 68.8 Å². The summed E-state index contributed by atoms with van der Waals surface area (Å²) in [7, 11) is 0. The first kappa shape index (κ1) is 18.3. The summed E-state index contributed by atoms with van der Waals surface area (Å²) in [6.45, 7) is 7.37. The summed E-state index contributed by atoms with van der Waals surface area (Å²) < 4.78 is 18.6. The summed E-state index contributed by atoms with van der Waals surface area (Å²) in [6, 6.07) is 6.91. The van der Waals surface area contributed by atoms with E-state index in [9.17, 15) is 9.18 Å². The minimum Gasteiger partial charge on any atom is -0.372 e. The fourth-order valence-corrected chi connectivity index (χ4v) is 4.09. The van der Waals surface area contributed by atoms with E-state index in [0.717, 1.165) is 51.1 Å². The predicted octanol–water partition coefficient (Wildman–Crippen LogP) is 3.07. The van der Waals surface area contributed by atoms with Gasteiger partial charge in [0.1, 0.15) is 12.4 Å². The zero-order valence-corrected chi connectivity index (χ0v) is 15.2. The van der Waals surface area contributed by atoms with E-state index in [-0.39, 0.29) is 18.3 Å². The Labute approximate surface area is 149 Å². The molecular formula is C20H29FN2O2. The number of rotatable bonds is 5. The van der Waals surface area contributed by atoms with Crippen LogP contribution in [0.15, 0.2) is 24.3 Å². The number of carbonyl (C=O) groups is 1. The minimum atomic E-state index is -0.157. The number of hydrogen-bond acceptors (Lipinski definition) is 3. The molecule has 0 bridgehead atoms. The van der Waals surface area contributed by atoms with Gasteiger partial charge in [0.15, 0.2) is 0 Å². The third-order valence-corrected chi connectivity index (χ3v) is 5.82. The van der Waals surface area contributed by atoms with Crippen molar-refractivity contribution in [2.45, 2.75) is 39.2 Å². The highest BCUT2D eigenvalue weighted by atomic mass is 19.1. The topological polar surface area (TPSA) is 32.8 Å². The summed E-state index contributed by atoms with van der Waals surface area (Å²) in [5.74, 6) is -0.0321. The Hall–Kier alpha value is -1.46. The number of carbonyl (C=O) groups excluding carboxylic acids is 1. The molecule has 2 heterocycles. The summed E-state index contributed by atoms with van der Waals surface area (Å²) in [5.41, 5.74) is 1.44. The number of ether oxygens (including phenoxy) is 1. The molecule has 0 radical (unpaired) electrons. The van der Waals surface area contributed by atoms with E-state index in [1.54, 1.807) is 12.1 Å². The fourth-order valence-electron chi connectivity index (χ4n) is 4.09. The standard InChI is InChI=1S/C20H29FN2O2/c1-2-25-16-19(24)23-12-8-20(9-13-23)6-10-22(11-7-20)15-17-4-3-5-18(21)14-17/h3-5,14H,2,6-13,15-16H2,1H3. The highest BCUT2D eigenvalue weighted by molar-refractivity contribution is 5.77. The molecule has 0 N–H and O–H groups in total. The molecule has 2 aliphatic rings. The number of amides is 1. The highest BCUT2D eigenvalue weighted by Gasteiger charge is 2.38. The largest absolute Gasteiger partial charge is 0.372 e. The first-order valence-corrected chi connectivity index (χ1v) is 9.42. The number of piperidine rings is 2. The second-order valence-corrected chi connectivity index (χ2v) is 7.42. The first-order valence-electron chi connectivity index (χ1n) is 9.42. The van der Waals surface area contributed by atoms with Crippen LogP contribution in [0.1, 0.15) is 38.2 Å². The van der Waals surface area contributed by atoms with Crippen molar-refractivity contribution >= 4 is 5.91 Å². The Morgan fingerprint density at radius 1 is 1.16 bits per heavy atom. The van der Waals surface area contributed by atoms with Crippen LogP contribution in [-0.2, 0) is 16.1 Å². The van der Waals surface area contributed by atoms with Gasteiger partial charge in [0.2, 0.25) is 5.91 Å². The van der Waals surface area contributed by atoms with Crippen LogP contribution in [0.25, 0.3) is 0 Å². The van der Waals surface area contributed by atoms with Gasteiger partial charge in [0.25, 0.3) is 0 Å². The lowest BCUT2D eigenvalue weighted by molar-refractivity contribution is -0.138. The molecule has 1 spiro atoms. The van der Waals surface area contributed by atoms with Gasteiger partial charge in [-0.15, -0.1) is 0 Å². The average Bonchev–Trinajstić information content (AvgIpc) is 2.62. The molecule has 3 rings (SSSR count). The zero-order valence-electron chi connectivity index (χ0n) is 15.2. The Kier molecular flexibility index (Phi) is 6.07. The van der Waals surface area contributed by atoms with E-state index in [2.05, 4.69) is 4.90 Å². The molecule has 0 aromatic heterocycles. The van der Waals surface area contributed by atoms with Crippen LogP contribution in [-0.4, -0.2) is 55.1 Å². The van der Waals surface area contributed by atoms with Crippen molar-refractivity contribution in [1.82, 2.24) is 9.80 Å². The van der Waals surface area contributed by atoms with Gasteiger partial charge in [-0.2, -0.15) is 0 Å². The van der Waals surface area contributed by atoms with Gasteiger partial charge in [-0.3, -0.25) is 9.69 Å². The Morgan fingerprint density at radius 3 is 2.48 bits per heavy atom. The van der Waals surface area contributed by atoms with Crippen molar-refractivity contribution in [3.63, 3.8) is 0 Å². The molecule has 2 saturated heterocycles. The van der Waals surface area contributed by atoms with Crippen LogP contribution in [0.4, 0.5) is 4.39 Å². The van der Waals surface area contributed by atoms with Crippen LogP contribution < -0.4 is 0 Å². The number of benzene rings is 1. The first-order chi connectivity index (χ1) is 12.1. The fraction of sp³-hybridized carbons (Fsp3) is 0.650. The normalized spacial score (nSPS) is 20.8. The van der Waals surface area contributed by atoms with Crippen molar-refractivity contribution in [1.29, 1.82) is 0 Å². The third kappa shape index (κ3) is 4.79. The van der Waals surface area contributed by atoms with Crippen LogP contribution in [0.3, 0.4) is 0 Å². The molecule has 2 aliphatic heterocycles. The Bertz CT molecular complexity index is 575.